The van der Waals surface area contributed by atoms with E-state index in [0.717, 1.165) is 5.56 Å². The number of halogens is 3. The van der Waals surface area contributed by atoms with Crippen LogP contribution in [0.2, 0.25) is 0 Å². The van der Waals surface area contributed by atoms with Gasteiger partial charge in [-0.2, -0.15) is 13.2 Å². The second-order valence-electron chi connectivity index (χ2n) is 3.87. The first-order valence-corrected chi connectivity index (χ1v) is 5.13. The molecule has 0 amide bonds. The highest BCUT2D eigenvalue weighted by atomic mass is 19.4. The van der Waals surface area contributed by atoms with Crippen LogP contribution in [0.25, 0.3) is 5.52 Å². The Morgan fingerprint density at radius 3 is 2.72 bits per heavy atom. The van der Waals surface area contributed by atoms with Crippen molar-refractivity contribution < 1.29 is 18.0 Å². The summed E-state index contributed by atoms with van der Waals surface area (Å²) in [4.78, 5) is 15.0. The Morgan fingerprint density at radius 2 is 2.17 bits per heavy atom. The van der Waals surface area contributed by atoms with Crippen molar-refractivity contribution in [3.8, 4) is 0 Å². The number of ketones is 1. The van der Waals surface area contributed by atoms with Crippen LogP contribution in [0, 0.1) is 6.92 Å². The summed E-state index contributed by atoms with van der Waals surface area (Å²) in [7, 11) is 0. The Hall–Kier alpha value is -1.89. The zero-order valence-corrected chi connectivity index (χ0v) is 9.45. The minimum atomic E-state index is -4.94. The monoisotopic (exact) mass is 257 g/mol. The summed E-state index contributed by atoms with van der Waals surface area (Å²) in [6, 6.07) is 3.18. The van der Waals surface area contributed by atoms with Gasteiger partial charge in [-0.05, 0) is 24.6 Å². The molecule has 0 aromatic carbocycles. The Kier molecular flexibility index (Phi) is 2.86. The van der Waals surface area contributed by atoms with E-state index in [4.69, 9.17) is 5.73 Å². The number of fused-ring (bicyclic) bond motifs is 1. The van der Waals surface area contributed by atoms with Gasteiger partial charge < -0.3 is 10.1 Å². The lowest BCUT2D eigenvalue weighted by Crippen LogP contribution is -2.23. The standard InChI is InChI=1S/C11H10F3N3O/c1-6-2-3-17-7(4-6)9(16-8(17)5-15)10(18)11(12,13)14/h2-4H,5,15H2,1H3. The van der Waals surface area contributed by atoms with Crippen LogP contribution in [0.5, 0.6) is 0 Å². The summed E-state index contributed by atoms with van der Waals surface area (Å²) < 4.78 is 38.7. The SMILES string of the molecule is Cc1ccn2c(CN)nc(C(=O)C(F)(F)F)c2c1. The topological polar surface area (TPSA) is 60.4 Å². The second kappa shape index (κ2) is 4.09. The number of rotatable bonds is 2. The molecule has 4 nitrogen and oxygen atoms in total. The van der Waals surface area contributed by atoms with Crippen molar-refractivity contribution in [3.05, 3.63) is 35.4 Å². The summed E-state index contributed by atoms with van der Waals surface area (Å²) in [5.41, 5.74) is 5.66. The molecule has 0 aliphatic carbocycles. The van der Waals surface area contributed by atoms with Crippen molar-refractivity contribution in [2.45, 2.75) is 19.6 Å². The van der Waals surface area contributed by atoms with Crippen LogP contribution < -0.4 is 5.73 Å². The summed E-state index contributed by atoms with van der Waals surface area (Å²) in [6.45, 7) is 1.67. The van der Waals surface area contributed by atoms with Gasteiger partial charge in [0.25, 0.3) is 5.78 Å². The molecule has 0 aliphatic heterocycles. The van der Waals surface area contributed by atoms with Crippen LogP contribution in [-0.2, 0) is 6.54 Å². The molecule has 2 rings (SSSR count). The third-order valence-corrected chi connectivity index (χ3v) is 2.53. The number of nitrogens with zero attached hydrogens (tertiary/aromatic N) is 2. The van der Waals surface area contributed by atoms with Crippen molar-refractivity contribution in [1.29, 1.82) is 0 Å². The highest BCUT2D eigenvalue weighted by Gasteiger charge is 2.42. The Balaban J connectivity index is 2.71. The largest absolute Gasteiger partial charge is 0.456 e. The molecular formula is C11H10F3N3O. The number of carbonyl (C=O) groups excluding carboxylic acids is 1. The van der Waals surface area contributed by atoms with Crippen molar-refractivity contribution >= 4 is 11.3 Å². The fourth-order valence-electron chi connectivity index (χ4n) is 1.70. The Labute approximate surface area is 100 Å². The van der Waals surface area contributed by atoms with Crippen LogP contribution in [0.15, 0.2) is 18.3 Å². The van der Waals surface area contributed by atoms with Gasteiger partial charge in [-0.25, -0.2) is 4.98 Å². The van der Waals surface area contributed by atoms with E-state index in [9.17, 15) is 18.0 Å². The molecule has 0 saturated heterocycles. The van der Waals surface area contributed by atoms with Crippen molar-refractivity contribution in [3.63, 3.8) is 0 Å². The van der Waals surface area contributed by atoms with Crippen LogP contribution >= 0.6 is 0 Å². The molecule has 0 fully saturated rings. The number of aromatic nitrogens is 2. The lowest BCUT2D eigenvalue weighted by atomic mass is 10.2. The number of imidazole rings is 1. The van der Waals surface area contributed by atoms with E-state index in [1.54, 1.807) is 19.2 Å². The predicted molar refractivity (Wildman–Crippen MR) is 58.2 cm³/mol. The quantitative estimate of drug-likeness (QED) is 0.835. The van der Waals surface area contributed by atoms with Crippen LogP contribution in [0.1, 0.15) is 21.9 Å². The summed E-state index contributed by atoms with van der Waals surface area (Å²) in [5.74, 6) is -1.73. The van der Waals surface area contributed by atoms with Crippen LogP contribution in [0.4, 0.5) is 13.2 Å². The average molecular weight is 257 g/mol. The molecule has 96 valence electrons. The lowest BCUT2D eigenvalue weighted by molar-refractivity contribution is -0.0887. The number of Topliss-reactive ketones (excluding diaryl/α,β-unsaturated/α-hetero) is 1. The average Bonchev–Trinajstić information content (AvgIpc) is 2.64. The fourth-order valence-corrected chi connectivity index (χ4v) is 1.70. The smallest absolute Gasteiger partial charge is 0.324 e. The molecule has 0 saturated carbocycles. The number of carbonyl (C=O) groups is 1. The number of hydrogen-bond donors (Lipinski definition) is 1. The number of nitrogens with two attached hydrogens (primary N) is 1. The van der Waals surface area contributed by atoms with Gasteiger partial charge in [-0.1, -0.05) is 0 Å². The molecule has 2 aromatic heterocycles. The summed E-state index contributed by atoms with van der Waals surface area (Å²) >= 11 is 0. The molecule has 2 aromatic rings. The first-order chi connectivity index (χ1) is 8.34. The van der Waals surface area contributed by atoms with E-state index in [1.165, 1.54) is 10.5 Å². The van der Waals surface area contributed by atoms with Gasteiger partial charge in [0.15, 0.2) is 0 Å². The number of aryl methyl sites for hydroxylation is 1. The van der Waals surface area contributed by atoms with Gasteiger partial charge in [0.1, 0.15) is 11.5 Å². The van der Waals surface area contributed by atoms with Gasteiger partial charge in [-0.3, -0.25) is 4.79 Å². The maximum absolute atomic E-state index is 12.4. The molecule has 0 radical (unpaired) electrons. The molecular weight excluding hydrogens is 247 g/mol. The highest BCUT2D eigenvalue weighted by molar-refractivity contribution is 6.04. The maximum atomic E-state index is 12.4. The molecule has 7 heteroatoms. The van der Waals surface area contributed by atoms with Crippen molar-refractivity contribution in [1.82, 2.24) is 9.38 Å². The van der Waals surface area contributed by atoms with Crippen LogP contribution in [0.3, 0.4) is 0 Å². The van der Waals surface area contributed by atoms with E-state index < -0.39 is 17.7 Å². The molecule has 0 bridgehead atoms. The number of alkyl halides is 3. The van der Waals surface area contributed by atoms with Gasteiger partial charge in [0, 0.05) is 6.20 Å². The molecule has 18 heavy (non-hydrogen) atoms. The van der Waals surface area contributed by atoms with Crippen LogP contribution in [-0.4, -0.2) is 21.3 Å². The molecule has 2 heterocycles. The van der Waals surface area contributed by atoms with E-state index in [0.29, 0.717) is 0 Å². The van der Waals surface area contributed by atoms with Gasteiger partial charge in [-0.15, -0.1) is 0 Å². The minimum absolute atomic E-state index is 0.0463. The Morgan fingerprint density at radius 1 is 1.50 bits per heavy atom. The first kappa shape index (κ1) is 12.6. The van der Waals surface area contributed by atoms with Gasteiger partial charge >= 0.3 is 6.18 Å². The summed E-state index contributed by atoms with van der Waals surface area (Å²) in [5, 5.41) is 0. The highest BCUT2D eigenvalue weighted by Crippen LogP contribution is 2.24. The van der Waals surface area contributed by atoms with E-state index in [1.807, 2.05) is 0 Å². The minimum Gasteiger partial charge on any atom is -0.324 e. The maximum Gasteiger partial charge on any atom is 0.456 e. The van der Waals surface area contributed by atoms with Crippen molar-refractivity contribution in [2.75, 3.05) is 0 Å². The normalized spacial score (nSPS) is 12.1. The molecule has 0 spiro atoms. The van der Waals surface area contributed by atoms with E-state index in [-0.39, 0.29) is 17.9 Å². The molecule has 2 N–H and O–H groups in total. The zero-order valence-electron chi connectivity index (χ0n) is 9.45. The van der Waals surface area contributed by atoms with Crippen molar-refractivity contribution in [2.24, 2.45) is 5.73 Å². The third-order valence-electron chi connectivity index (χ3n) is 2.53. The Bertz CT molecular complexity index is 616. The first-order valence-electron chi connectivity index (χ1n) is 5.13. The zero-order chi connectivity index (χ0) is 13.5. The third kappa shape index (κ3) is 1.97. The predicted octanol–water partition coefficient (Wildman–Crippen LogP) is 1.85. The molecule has 0 aliphatic rings. The van der Waals surface area contributed by atoms with E-state index in [2.05, 4.69) is 4.98 Å². The molecule has 0 unspecified atom stereocenters. The lowest BCUT2D eigenvalue weighted by Gasteiger charge is -2.03. The second-order valence-corrected chi connectivity index (χ2v) is 3.87. The van der Waals surface area contributed by atoms with Gasteiger partial charge in [0.2, 0.25) is 0 Å². The summed E-state index contributed by atoms with van der Waals surface area (Å²) in [6.07, 6.45) is -3.39. The fraction of sp³-hybridized carbons (Fsp3) is 0.273. The van der Waals surface area contributed by atoms with Gasteiger partial charge in [0.05, 0.1) is 12.1 Å². The number of hydrogen-bond acceptors (Lipinski definition) is 3. The number of pyridine rings is 1. The molecule has 0 atom stereocenters. The van der Waals surface area contributed by atoms with E-state index >= 15 is 0 Å².